The zero-order valence-corrected chi connectivity index (χ0v) is 11.8. The van der Waals surface area contributed by atoms with Gasteiger partial charge in [0.25, 0.3) is 6.47 Å². The molecule has 0 aliphatic heterocycles. The number of ether oxygens (including phenoxy) is 2. The molecule has 0 radical (unpaired) electrons. The van der Waals surface area contributed by atoms with Gasteiger partial charge < -0.3 is 9.47 Å². The average molecular weight is 303 g/mol. The Kier molecular flexibility index (Phi) is 5.86. The molecule has 0 N–H and O–H groups in total. The van der Waals surface area contributed by atoms with Gasteiger partial charge in [-0.25, -0.2) is 0 Å². The lowest BCUT2D eigenvalue weighted by atomic mass is 10.0. The third-order valence-corrected chi connectivity index (χ3v) is 3.25. The maximum atomic E-state index is 12.0. The van der Waals surface area contributed by atoms with Crippen LogP contribution in [0, 0.1) is 0 Å². The number of hydrogen-bond acceptors (Lipinski definition) is 4. The second-order valence-electron chi connectivity index (χ2n) is 3.55. The number of Topliss-reactive ketones (excluding diaryl/α,β-unsaturated/α-hetero) is 1. The van der Waals surface area contributed by atoms with Gasteiger partial charge in [-0.1, -0.05) is 36.7 Å². The van der Waals surface area contributed by atoms with E-state index >= 15 is 0 Å². The smallest absolute Gasteiger partial charge is 0.295 e. The van der Waals surface area contributed by atoms with E-state index in [0.717, 1.165) is 0 Å². The Labute approximate surface area is 120 Å². The molecule has 0 aromatic heterocycles. The topological polar surface area (TPSA) is 52.6 Å². The summed E-state index contributed by atoms with van der Waals surface area (Å²) in [7, 11) is 0. The standard InChI is InChI=1S/C13H12Cl2O4/c1-3-8(2)13(17)9-4-5-10(12(15)11(9)14)19-7-18-6-16/h4-6H,2-3,7H2,1H3. The Bertz CT molecular complexity index is 512. The van der Waals surface area contributed by atoms with Crippen molar-refractivity contribution in [1.82, 2.24) is 0 Å². The van der Waals surface area contributed by atoms with Crippen LogP contribution in [0.5, 0.6) is 5.75 Å². The van der Waals surface area contributed by atoms with Gasteiger partial charge in [-0.2, -0.15) is 0 Å². The summed E-state index contributed by atoms with van der Waals surface area (Å²) in [6.45, 7) is 5.45. The molecule has 0 aliphatic carbocycles. The Balaban J connectivity index is 3.00. The van der Waals surface area contributed by atoms with Gasteiger partial charge in [0, 0.05) is 5.56 Å². The van der Waals surface area contributed by atoms with Crippen molar-refractivity contribution in [3.05, 3.63) is 39.9 Å². The predicted octanol–water partition coefficient (Wildman–Crippen LogP) is 3.65. The summed E-state index contributed by atoms with van der Waals surface area (Å²) >= 11 is 12.0. The first-order valence-electron chi connectivity index (χ1n) is 5.41. The van der Waals surface area contributed by atoms with Crippen molar-refractivity contribution in [1.29, 1.82) is 0 Å². The van der Waals surface area contributed by atoms with Crippen LogP contribution in [-0.2, 0) is 9.53 Å². The molecule has 0 atom stereocenters. The Morgan fingerprint density at radius 3 is 2.63 bits per heavy atom. The predicted molar refractivity (Wildman–Crippen MR) is 72.9 cm³/mol. The number of benzene rings is 1. The third kappa shape index (κ3) is 3.72. The van der Waals surface area contributed by atoms with Crippen LogP contribution in [0.25, 0.3) is 0 Å². The van der Waals surface area contributed by atoms with E-state index in [1.54, 1.807) is 0 Å². The molecule has 102 valence electrons. The van der Waals surface area contributed by atoms with Gasteiger partial charge in [0.15, 0.2) is 5.78 Å². The number of rotatable bonds is 7. The molecule has 0 amide bonds. The maximum absolute atomic E-state index is 12.0. The molecule has 4 nitrogen and oxygen atoms in total. The molecule has 0 bridgehead atoms. The number of carbonyl (C=O) groups excluding carboxylic acids is 2. The molecule has 0 heterocycles. The van der Waals surface area contributed by atoms with Gasteiger partial charge in [0.2, 0.25) is 6.79 Å². The Morgan fingerprint density at radius 1 is 1.37 bits per heavy atom. The average Bonchev–Trinajstić information content (AvgIpc) is 2.42. The molecule has 0 spiro atoms. The van der Waals surface area contributed by atoms with Crippen LogP contribution in [0.2, 0.25) is 10.0 Å². The molecule has 1 aromatic carbocycles. The molecular weight excluding hydrogens is 291 g/mol. The van der Waals surface area contributed by atoms with Gasteiger partial charge >= 0.3 is 0 Å². The highest BCUT2D eigenvalue weighted by Crippen LogP contribution is 2.35. The van der Waals surface area contributed by atoms with Crippen LogP contribution < -0.4 is 4.74 Å². The summed E-state index contributed by atoms with van der Waals surface area (Å²) < 4.78 is 9.46. The zero-order chi connectivity index (χ0) is 14.4. The highest BCUT2D eigenvalue weighted by Gasteiger charge is 2.17. The normalized spacial score (nSPS) is 9.84. The number of hydrogen-bond donors (Lipinski definition) is 0. The van der Waals surface area contributed by atoms with Gasteiger partial charge in [0.05, 0.1) is 5.02 Å². The first kappa shape index (κ1) is 15.5. The van der Waals surface area contributed by atoms with Gasteiger partial charge in [0.1, 0.15) is 10.8 Å². The van der Waals surface area contributed by atoms with Crippen molar-refractivity contribution in [2.75, 3.05) is 6.79 Å². The van der Waals surface area contributed by atoms with Crippen molar-refractivity contribution in [2.45, 2.75) is 13.3 Å². The SMILES string of the molecule is C=C(CC)C(=O)c1ccc(OCOC=O)c(Cl)c1Cl. The minimum absolute atomic E-state index is 0.0878. The summed E-state index contributed by atoms with van der Waals surface area (Å²) in [6, 6.07) is 2.98. The summed E-state index contributed by atoms with van der Waals surface area (Å²) in [5.41, 5.74) is 0.707. The molecule has 1 aromatic rings. The van der Waals surface area contributed by atoms with Crippen molar-refractivity contribution in [3.8, 4) is 5.75 Å². The highest BCUT2D eigenvalue weighted by molar-refractivity contribution is 6.45. The minimum Gasteiger partial charge on any atom is -0.456 e. The number of halogens is 2. The van der Waals surface area contributed by atoms with Crippen LogP contribution in [0.15, 0.2) is 24.3 Å². The van der Waals surface area contributed by atoms with Crippen molar-refractivity contribution in [2.24, 2.45) is 0 Å². The molecule has 0 saturated carbocycles. The van der Waals surface area contributed by atoms with E-state index in [4.69, 9.17) is 27.9 Å². The monoisotopic (exact) mass is 302 g/mol. The van der Waals surface area contributed by atoms with Crippen LogP contribution >= 0.6 is 23.2 Å². The van der Waals surface area contributed by atoms with Crippen LogP contribution in [0.1, 0.15) is 23.7 Å². The first-order valence-corrected chi connectivity index (χ1v) is 6.17. The largest absolute Gasteiger partial charge is 0.456 e. The van der Waals surface area contributed by atoms with E-state index in [1.165, 1.54) is 12.1 Å². The van der Waals surface area contributed by atoms with Gasteiger partial charge in [-0.3, -0.25) is 9.59 Å². The third-order valence-electron chi connectivity index (χ3n) is 2.39. The molecule has 1 rings (SSSR count). The lowest BCUT2D eigenvalue weighted by Crippen LogP contribution is -2.05. The lowest BCUT2D eigenvalue weighted by molar-refractivity contribution is -0.134. The van der Waals surface area contributed by atoms with E-state index in [0.29, 0.717) is 12.0 Å². The first-order chi connectivity index (χ1) is 9.02. The number of allylic oxidation sites excluding steroid dienone is 1. The second-order valence-corrected chi connectivity index (χ2v) is 4.31. The summed E-state index contributed by atoms with van der Waals surface area (Å²) in [4.78, 5) is 21.9. The van der Waals surface area contributed by atoms with Crippen LogP contribution in [0.4, 0.5) is 0 Å². The van der Waals surface area contributed by atoms with E-state index < -0.39 is 0 Å². The van der Waals surface area contributed by atoms with E-state index in [-0.39, 0.29) is 40.4 Å². The molecule has 0 aliphatic rings. The quantitative estimate of drug-likeness (QED) is 0.254. The van der Waals surface area contributed by atoms with Gasteiger partial charge in [-0.05, 0) is 24.1 Å². The van der Waals surface area contributed by atoms with E-state index in [9.17, 15) is 9.59 Å². The second kappa shape index (κ2) is 7.16. The van der Waals surface area contributed by atoms with E-state index in [2.05, 4.69) is 11.3 Å². The summed E-state index contributed by atoms with van der Waals surface area (Å²) in [5, 5.41) is 0.177. The highest BCUT2D eigenvalue weighted by atomic mass is 35.5. The molecule has 19 heavy (non-hydrogen) atoms. The molecule has 0 saturated heterocycles. The Hall–Kier alpha value is -1.52. The number of ketones is 1. The van der Waals surface area contributed by atoms with Crippen LogP contribution in [0.3, 0.4) is 0 Å². The summed E-state index contributed by atoms with van der Waals surface area (Å²) in [6.07, 6.45) is 0.526. The maximum Gasteiger partial charge on any atom is 0.295 e. The van der Waals surface area contributed by atoms with Crippen molar-refractivity contribution >= 4 is 35.5 Å². The fourth-order valence-corrected chi connectivity index (χ4v) is 1.76. The molecular formula is C13H12Cl2O4. The van der Waals surface area contributed by atoms with E-state index in [1.807, 2.05) is 6.92 Å². The minimum atomic E-state index is -0.283. The number of carbonyl (C=O) groups is 2. The van der Waals surface area contributed by atoms with Gasteiger partial charge in [-0.15, -0.1) is 0 Å². The van der Waals surface area contributed by atoms with Crippen molar-refractivity contribution < 1.29 is 19.1 Å². The van der Waals surface area contributed by atoms with Crippen molar-refractivity contribution in [3.63, 3.8) is 0 Å². The molecule has 0 fully saturated rings. The molecule has 0 unspecified atom stereocenters. The zero-order valence-electron chi connectivity index (χ0n) is 10.2. The fraction of sp³-hybridized carbons (Fsp3) is 0.231. The lowest BCUT2D eigenvalue weighted by Gasteiger charge is -2.11. The fourth-order valence-electron chi connectivity index (χ4n) is 1.29. The summed E-state index contributed by atoms with van der Waals surface area (Å²) in [5.74, 6) is -0.0303. The Morgan fingerprint density at radius 2 is 2.05 bits per heavy atom. The van der Waals surface area contributed by atoms with Crippen LogP contribution in [-0.4, -0.2) is 19.0 Å². The molecule has 6 heteroatoms.